The Morgan fingerprint density at radius 1 is 1.11 bits per heavy atom. The molecule has 0 unspecified atom stereocenters. The van der Waals surface area contributed by atoms with Gasteiger partial charge < -0.3 is 19.7 Å². The zero-order valence-electron chi connectivity index (χ0n) is 20.4. The van der Waals surface area contributed by atoms with Crippen molar-refractivity contribution in [3.63, 3.8) is 0 Å². The molecule has 1 amide bonds. The third kappa shape index (κ3) is 5.00. The Morgan fingerprint density at radius 3 is 2.61 bits per heavy atom. The van der Waals surface area contributed by atoms with Crippen molar-refractivity contribution in [1.29, 1.82) is 0 Å². The van der Waals surface area contributed by atoms with Crippen LogP contribution in [0, 0.1) is 5.92 Å². The van der Waals surface area contributed by atoms with Crippen LogP contribution < -0.4 is 9.80 Å². The Labute approximate surface area is 215 Å². The molecule has 1 aromatic carbocycles. The average Bonchev–Trinajstić information content (AvgIpc) is 3.30. The van der Waals surface area contributed by atoms with Gasteiger partial charge in [-0.05, 0) is 49.1 Å². The molecule has 3 aromatic rings. The quantitative estimate of drug-likeness (QED) is 0.520. The third-order valence-electron chi connectivity index (χ3n) is 6.90. The Morgan fingerprint density at radius 2 is 1.89 bits per heavy atom. The van der Waals surface area contributed by atoms with Crippen molar-refractivity contribution in [2.75, 3.05) is 63.2 Å². The molecule has 2 aliphatic heterocycles. The molecule has 0 radical (unpaired) electrons. The highest BCUT2D eigenvalue weighted by Crippen LogP contribution is 2.27. The van der Waals surface area contributed by atoms with Gasteiger partial charge in [-0.2, -0.15) is 9.29 Å². The minimum atomic E-state index is -3.81. The van der Waals surface area contributed by atoms with E-state index in [1.54, 1.807) is 30.5 Å². The number of hydrogen-bond acceptors (Lipinski definition) is 7. The summed E-state index contributed by atoms with van der Waals surface area (Å²) in [5, 5.41) is 1.34. The molecule has 2 saturated heterocycles. The van der Waals surface area contributed by atoms with E-state index < -0.39 is 10.0 Å². The first-order chi connectivity index (χ1) is 17.2. The summed E-state index contributed by atoms with van der Waals surface area (Å²) < 4.78 is 27.6. The number of piperidine rings is 1. The number of amides is 1. The van der Waals surface area contributed by atoms with E-state index in [0.29, 0.717) is 35.5 Å². The second-order valence-electron chi connectivity index (χ2n) is 9.58. The maximum atomic E-state index is 13.2. The summed E-state index contributed by atoms with van der Waals surface area (Å²) in [5.74, 6) is 1.82. The number of carbonyl (C=O) groups excluding carboxylic acids is 1. The number of fused-ring (bicyclic) bond motifs is 1. The molecule has 2 aliphatic rings. The topological polar surface area (TPSA) is 106 Å². The van der Waals surface area contributed by atoms with Gasteiger partial charge >= 0.3 is 0 Å². The van der Waals surface area contributed by atoms with E-state index >= 15 is 0 Å². The van der Waals surface area contributed by atoms with Crippen LogP contribution in [-0.4, -0.2) is 91.8 Å². The number of benzene rings is 1. The van der Waals surface area contributed by atoms with Crippen molar-refractivity contribution < 1.29 is 13.2 Å². The van der Waals surface area contributed by atoms with Crippen molar-refractivity contribution in [3.8, 4) is 0 Å². The van der Waals surface area contributed by atoms with Crippen LogP contribution >= 0.6 is 11.6 Å². The van der Waals surface area contributed by atoms with Crippen LogP contribution in [0.2, 0.25) is 5.02 Å². The van der Waals surface area contributed by atoms with Crippen LogP contribution in [0.4, 0.5) is 11.8 Å². The normalized spacial score (nSPS) is 18.2. The molecule has 192 valence electrons. The summed E-state index contributed by atoms with van der Waals surface area (Å²) in [4.78, 5) is 30.7. The highest BCUT2D eigenvalue weighted by molar-refractivity contribution is 7.89. The number of sulfonamides is 1. The molecule has 0 atom stereocenters. The number of anilines is 2. The molecule has 1 N–H and O–H groups in total. The van der Waals surface area contributed by atoms with Crippen LogP contribution in [0.1, 0.15) is 12.8 Å². The Hall–Kier alpha value is -2.89. The number of piperazine rings is 1. The predicted molar refractivity (Wildman–Crippen MR) is 140 cm³/mol. The van der Waals surface area contributed by atoms with Gasteiger partial charge in [-0.25, -0.2) is 13.4 Å². The fraction of sp³-hybridized carbons (Fsp3) is 0.458. The minimum Gasteiger partial charge on any atom is -0.356 e. The summed E-state index contributed by atoms with van der Waals surface area (Å²) in [5.41, 5.74) is 0.689. The summed E-state index contributed by atoms with van der Waals surface area (Å²) in [7, 11) is 0.0316. The summed E-state index contributed by atoms with van der Waals surface area (Å²) in [6.45, 7) is 2.90. The van der Waals surface area contributed by atoms with Crippen molar-refractivity contribution in [3.05, 3.63) is 41.6 Å². The molecule has 4 heterocycles. The van der Waals surface area contributed by atoms with Gasteiger partial charge in [0.25, 0.3) is 10.0 Å². The Bertz CT molecular complexity index is 1370. The number of hydrogen-bond donors (Lipinski definition) is 1. The number of aromatic nitrogens is 3. The highest BCUT2D eigenvalue weighted by Gasteiger charge is 2.35. The molecular weight excluding hydrogens is 502 g/mol. The fourth-order valence-corrected chi connectivity index (χ4v) is 6.40. The van der Waals surface area contributed by atoms with E-state index in [1.165, 1.54) is 4.31 Å². The lowest BCUT2D eigenvalue weighted by atomic mass is 9.96. The lowest BCUT2D eigenvalue weighted by Gasteiger charge is -2.38. The minimum absolute atomic E-state index is 0.0792. The Kier molecular flexibility index (Phi) is 6.80. The van der Waals surface area contributed by atoms with Crippen LogP contribution in [0.25, 0.3) is 10.9 Å². The van der Waals surface area contributed by atoms with E-state index in [9.17, 15) is 13.2 Å². The molecule has 0 bridgehead atoms. The lowest BCUT2D eigenvalue weighted by molar-refractivity contribution is -0.134. The van der Waals surface area contributed by atoms with Crippen LogP contribution in [-0.2, 0) is 14.8 Å². The molecule has 10 nitrogen and oxygen atoms in total. The number of H-pyrrole nitrogens is 1. The predicted octanol–water partition coefficient (Wildman–Crippen LogP) is 2.43. The Balaban J connectivity index is 1.17. The molecule has 0 spiro atoms. The summed E-state index contributed by atoms with van der Waals surface area (Å²) in [6.07, 6.45) is 3.68. The second kappa shape index (κ2) is 9.87. The van der Waals surface area contributed by atoms with Gasteiger partial charge in [0.1, 0.15) is 10.8 Å². The molecular formula is C24H30ClN7O3S. The van der Waals surface area contributed by atoms with Gasteiger partial charge in [-0.3, -0.25) is 4.79 Å². The number of rotatable bonds is 6. The monoisotopic (exact) mass is 531 g/mol. The second-order valence-corrected chi connectivity index (χ2v) is 11.9. The summed E-state index contributed by atoms with van der Waals surface area (Å²) in [6, 6.07) is 8.67. The van der Waals surface area contributed by atoms with E-state index in [2.05, 4.69) is 19.9 Å². The van der Waals surface area contributed by atoms with Crippen LogP contribution in [0.3, 0.4) is 0 Å². The van der Waals surface area contributed by atoms with E-state index in [4.69, 9.17) is 11.6 Å². The third-order valence-corrected chi connectivity index (χ3v) is 8.91. The number of aromatic amines is 1. The molecule has 0 aliphatic carbocycles. The SMILES string of the molecule is CN(C)c1nccc(N2CCC(CN3CCN(S(=O)(=O)c4cc5cc(Cl)ccc5[nH]4)CC3=O)CC2)n1. The van der Waals surface area contributed by atoms with Gasteiger partial charge in [0, 0.05) is 68.9 Å². The number of halogens is 1. The van der Waals surface area contributed by atoms with E-state index in [-0.39, 0.29) is 24.0 Å². The highest BCUT2D eigenvalue weighted by atomic mass is 35.5. The summed E-state index contributed by atoms with van der Waals surface area (Å²) >= 11 is 6.03. The van der Waals surface area contributed by atoms with Crippen molar-refractivity contribution in [2.24, 2.45) is 5.92 Å². The average molecular weight is 532 g/mol. The molecule has 2 aromatic heterocycles. The molecule has 12 heteroatoms. The fourth-order valence-electron chi connectivity index (χ4n) is 4.83. The largest absolute Gasteiger partial charge is 0.356 e. The van der Waals surface area contributed by atoms with Crippen molar-refractivity contribution in [2.45, 2.75) is 17.9 Å². The maximum Gasteiger partial charge on any atom is 0.259 e. The first-order valence-corrected chi connectivity index (χ1v) is 13.8. The number of nitrogens with zero attached hydrogens (tertiary/aromatic N) is 6. The van der Waals surface area contributed by atoms with Gasteiger partial charge in [-0.15, -0.1) is 0 Å². The smallest absolute Gasteiger partial charge is 0.259 e. The van der Waals surface area contributed by atoms with E-state index in [1.807, 2.05) is 30.0 Å². The van der Waals surface area contributed by atoms with E-state index in [0.717, 1.165) is 37.1 Å². The molecule has 0 saturated carbocycles. The lowest BCUT2D eigenvalue weighted by Crippen LogP contribution is -2.53. The zero-order chi connectivity index (χ0) is 25.4. The van der Waals surface area contributed by atoms with Crippen LogP contribution in [0.5, 0.6) is 0 Å². The van der Waals surface area contributed by atoms with Crippen molar-refractivity contribution in [1.82, 2.24) is 24.2 Å². The van der Waals surface area contributed by atoms with Gasteiger partial charge in [0.15, 0.2) is 0 Å². The molecule has 2 fully saturated rings. The van der Waals surface area contributed by atoms with Gasteiger partial charge in [0.2, 0.25) is 11.9 Å². The van der Waals surface area contributed by atoms with Crippen molar-refractivity contribution >= 4 is 50.2 Å². The number of nitrogens with one attached hydrogen (secondary N) is 1. The first kappa shape index (κ1) is 24.8. The van der Waals surface area contributed by atoms with Gasteiger partial charge in [0.05, 0.1) is 6.54 Å². The molecule has 5 rings (SSSR count). The number of carbonyl (C=O) groups is 1. The molecule has 36 heavy (non-hydrogen) atoms. The standard InChI is InChI=1S/C24H30ClN7O3S/c1-29(2)24-26-8-5-21(28-24)30-9-6-17(7-10-30)15-31-11-12-32(16-23(31)33)36(34,35)22-14-18-13-19(25)3-4-20(18)27-22/h3-5,8,13-14,17,27H,6-7,9-12,15-16H2,1-2H3. The first-order valence-electron chi connectivity index (χ1n) is 12.0. The van der Waals surface area contributed by atoms with Gasteiger partial charge in [-0.1, -0.05) is 11.6 Å². The maximum absolute atomic E-state index is 13.2. The van der Waals surface area contributed by atoms with Crippen LogP contribution in [0.15, 0.2) is 41.6 Å². The zero-order valence-corrected chi connectivity index (χ0v) is 22.0.